The summed E-state index contributed by atoms with van der Waals surface area (Å²) in [7, 11) is 0. The fourth-order valence-electron chi connectivity index (χ4n) is 2.33. The first-order valence-electron chi connectivity index (χ1n) is 8.03. The minimum Gasteiger partial charge on any atom is -0.459 e. The van der Waals surface area contributed by atoms with Crippen molar-refractivity contribution in [2.24, 2.45) is 0 Å². The third kappa shape index (κ3) is 4.02. The molecule has 0 unspecified atom stereocenters. The van der Waals surface area contributed by atoms with Gasteiger partial charge >= 0.3 is 0 Å². The SMILES string of the molecule is C[C@@H](Sc1nnc(-c2ccco2)o1)C(=O)c1ccc(C(C)(C)C)cc1. The Balaban J connectivity index is 1.68. The van der Waals surface area contributed by atoms with E-state index in [4.69, 9.17) is 8.83 Å². The standard InChI is InChI=1S/C19H20N2O3S/c1-12(16(22)13-7-9-14(10-8-13)19(2,3)4)25-18-21-20-17(24-18)15-6-5-11-23-15/h5-12H,1-4H3/t12-/m1/s1. The summed E-state index contributed by atoms with van der Waals surface area (Å²) in [4.78, 5) is 12.6. The van der Waals surface area contributed by atoms with Crippen LogP contribution in [0.4, 0.5) is 0 Å². The van der Waals surface area contributed by atoms with Gasteiger partial charge in [0.05, 0.1) is 11.5 Å². The van der Waals surface area contributed by atoms with Gasteiger partial charge in [-0.2, -0.15) is 0 Å². The van der Waals surface area contributed by atoms with Crippen molar-refractivity contribution in [2.45, 2.75) is 43.6 Å². The largest absolute Gasteiger partial charge is 0.459 e. The number of furan rings is 1. The van der Waals surface area contributed by atoms with E-state index < -0.39 is 0 Å². The zero-order valence-electron chi connectivity index (χ0n) is 14.6. The Morgan fingerprint density at radius 1 is 1.12 bits per heavy atom. The highest BCUT2D eigenvalue weighted by molar-refractivity contribution is 8.00. The maximum Gasteiger partial charge on any atom is 0.284 e. The Kier molecular flexibility index (Phi) is 4.81. The summed E-state index contributed by atoms with van der Waals surface area (Å²) in [5.41, 5.74) is 1.94. The van der Waals surface area contributed by atoms with Gasteiger partial charge in [0.25, 0.3) is 11.1 Å². The number of aromatic nitrogens is 2. The number of thioether (sulfide) groups is 1. The second-order valence-corrected chi connectivity index (χ2v) is 8.09. The first kappa shape index (κ1) is 17.5. The van der Waals surface area contributed by atoms with Crippen molar-refractivity contribution in [3.05, 3.63) is 53.8 Å². The van der Waals surface area contributed by atoms with E-state index >= 15 is 0 Å². The monoisotopic (exact) mass is 356 g/mol. The number of hydrogen-bond donors (Lipinski definition) is 0. The molecule has 6 heteroatoms. The van der Waals surface area contributed by atoms with Gasteiger partial charge in [-0.05, 0) is 30.0 Å². The molecule has 5 nitrogen and oxygen atoms in total. The van der Waals surface area contributed by atoms with E-state index in [1.807, 2.05) is 31.2 Å². The normalized spacial score (nSPS) is 13.0. The van der Waals surface area contributed by atoms with Crippen LogP contribution < -0.4 is 0 Å². The predicted octanol–water partition coefficient (Wildman–Crippen LogP) is 4.99. The first-order valence-corrected chi connectivity index (χ1v) is 8.91. The molecule has 1 atom stereocenters. The van der Waals surface area contributed by atoms with Crippen molar-refractivity contribution in [1.82, 2.24) is 10.2 Å². The third-order valence-corrected chi connectivity index (χ3v) is 4.75. The molecule has 1 aromatic carbocycles. The van der Waals surface area contributed by atoms with Gasteiger partial charge in [0.1, 0.15) is 0 Å². The van der Waals surface area contributed by atoms with Crippen molar-refractivity contribution in [3.63, 3.8) is 0 Å². The average Bonchev–Trinajstić information content (AvgIpc) is 3.24. The highest BCUT2D eigenvalue weighted by Crippen LogP contribution is 2.28. The summed E-state index contributed by atoms with van der Waals surface area (Å²) in [6.07, 6.45) is 1.54. The second-order valence-electron chi connectivity index (χ2n) is 6.80. The smallest absolute Gasteiger partial charge is 0.284 e. The fourth-order valence-corrected chi connectivity index (χ4v) is 3.09. The maximum atomic E-state index is 12.6. The highest BCUT2D eigenvalue weighted by Gasteiger charge is 2.21. The number of rotatable bonds is 5. The molecule has 25 heavy (non-hydrogen) atoms. The lowest BCUT2D eigenvalue weighted by molar-refractivity contribution is 0.0993. The van der Waals surface area contributed by atoms with Crippen LogP contribution >= 0.6 is 11.8 Å². The predicted molar refractivity (Wildman–Crippen MR) is 96.8 cm³/mol. The van der Waals surface area contributed by atoms with Crippen LogP contribution in [0.5, 0.6) is 0 Å². The average molecular weight is 356 g/mol. The number of hydrogen-bond acceptors (Lipinski definition) is 6. The lowest BCUT2D eigenvalue weighted by Gasteiger charge is -2.19. The molecule has 0 aliphatic carbocycles. The molecule has 0 radical (unpaired) electrons. The van der Waals surface area contributed by atoms with Crippen LogP contribution in [0.15, 0.2) is 56.7 Å². The molecule has 0 saturated carbocycles. The number of Topliss-reactive ketones (excluding diaryl/α,β-unsaturated/α-hetero) is 1. The van der Waals surface area contributed by atoms with Crippen molar-refractivity contribution < 1.29 is 13.6 Å². The topological polar surface area (TPSA) is 69.1 Å². The summed E-state index contributed by atoms with van der Waals surface area (Å²) >= 11 is 1.24. The highest BCUT2D eigenvalue weighted by atomic mass is 32.2. The Morgan fingerprint density at radius 3 is 2.44 bits per heavy atom. The van der Waals surface area contributed by atoms with E-state index in [0.717, 1.165) is 0 Å². The van der Waals surface area contributed by atoms with Gasteiger partial charge in [-0.1, -0.05) is 56.8 Å². The van der Waals surface area contributed by atoms with Crippen LogP contribution in [0.25, 0.3) is 11.7 Å². The van der Waals surface area contributed by atoms with E-state index in [9.17, 15) is 4.79 Å². The maximum absolute atomic E-state index is 12.6. The van der Waals surface area contributed by atoms with Crippen LogP contribution in [0, 0.1) is 0 Å². The molecule has 0 aliphatic heterocycles. The van der Waals surface area contributed by atoms with Crippen LogP contribution in [0.2, 0.25) is 0 Å². The van der Waals surface area contributed by atoms with Crippen LogP contribution in [-0.4, -0.2) is 21.2 Å². The summed E-state index contributed by atoms with van der Waals surface area (Å²) in [6.45, 7) is 8.28. The van der Waals surface area contributed by atoms with Gasteiger partial charge in [-0.3, -0.25) is 4.79 Å². The van der Waals surface area contributed by atoms with Crippen molar-refractivity contribution in [2.75, 3.05) is 0 Å². The van der Waals surface area contributed by atoms with Crippen molar-refractivity contribution in [1.29, 1.82) is 0 Å². The molecule has 3 aromatic rings. The Bertz CT molecular complexity index is 846. The van der Waals surface area contributed by atoms with Gasteiger partial charge in [0.15, 0.2) is 11.5 Å². The van der Waals surface area contributed by atoms with Crippen molar-refractivity contribution in [3.8, 4) is 11.7 Å². The quantitative estimate of drug-likeness (QED) is 0.474. The Morgan fingerprint density at radius 2 is 1.84 bits per heavy atom. The van der Waals surface area contributed by atoms with E-state index in [2.05, 4.69) is 31.0 Å². The molecule has 2 aromatic heterocycles. The molecule has 0 fully saturated rings. The van der Waals surface area contributed by atoms with Gasteiger partial charge in [0.2, 0.25) is 0 Å². The summed E-state index contributed by atoms with van der Waals surface area (Å²) in [6, 6.07) is 11.3. The number of nitrogens with zero attached hydrogens (tertiary/aromatic N) is 2. The molecule has 0 saturated heterocycles. The van der Waals surface area contributed by atoms with Crippen molar-refractivity contribution >= 4 is 17.5 Å². The van der Waals surface area contributed by atoms with Crippen LogP contribution in [0.1, 0.15) is 43.6 Å². The molecule has 0 N–H and O–H groups in total. The molecule has 0 amide bonds. The lowest BCUT2D eigenvalue weighted by Crippen LogP contribution is -2.15. The molecule has 0 bridgehead atoms. The molecular weight excluding hydrogens is 336 g/mol. The minimum atomic E-state index is -0.328. The lowest BCUT2D eigenvalue weighted by atomic mass is 9.86. The number of carbonyl (C=O) groups excluding carboxylic acids is 1. The van der Waals surface area contributed by atoms with Crippen LogP contribution in [0.3, 0.4) is 0 Å². The minimum absolute atomic E-state index is 0.0307. The fraction of sp³-hybridized carbons (Fsp3) is 0.316. The Hall–Kier alpha value is -2.34. The molecular formula is C19H20N2O3S. The third-order valence-electron chi connectivity index (χ3n) is 3.82. The van der Waals surface area contributed by atoms with Gasteiger partial charge in [0, 0.05) is 5.56 Å². The van der Waals surface area contributed by atoms with Gasteiger partial charge < -0.3 is 8.83 Å². The van der Waals surface area contributed by atoms with Crippen LogP contribution in [-0.2, 0) is 5.41 Å². The summed E-state index contributed by atoms with van der Waals surface area (Å²) < 4.78 is 10.8. The van der Waals surface area contributed by atoms with E-state index in [1.165, 1.54) is 17.3 Å². The second kappa shape index (κ2) is 6.88. The van der Waals surface area contributed by atoms with E-state index in [0.29, 0.717) is 22.4 Å². The zero-order chi connectivity index (χ0) is 18.0. The summed E-state index contributed by atoms with van der Waals surface area (Å²) in [5, 5.41) is 7.93. The molecule has 0 aliphatic rings. The van der Waals surface area contributed by atoms with E-state index in [1.54, 1.807) is 18.4 Å². The van der Waals surface area contributed by atoms with Gasteiger partial charge in [-0.25, -0.2) is 0 Å². The molecule has 3 rings (SSSR count). The molecule has 130 valence electrons. The van der Waals surface area contributed by atoms with E-state index in [-0.39, 0.29) is 16.4 Å². The number of ketones is 1. The molecule has 2 heterocycles. The number of benzene rings is 1. The number of carbonyl (C=O) groups is 1. The first-order chi connectivity index (χ1) is 11.8. The Labute approximate surface area is 150 Å². The zero-order valence-corrected chi connectivity index (χ0v) is 15.5. The summed E-state index contributed by atoms with van der Waals surface area (Å²) in [5.74, 6) is 0.848. The molecule has 0 spiro atoms. The van der Waals surface area contributed by atoms with Gasteiger partial charge in [-0.15, -0.1) is 10.2 Å².